The summed E-state index contributed by atoms with van der Waals surface area (Å²) in [6, 6.07) is 12.4. The van der Waals surface area contributed by atoms with E-state index in [-0.39, 0.29) is 42.7 Å². The number of hydrogen-bond acceptors (Lipinski definition) is 4. The van der Waals surface area contributed by atoms with E-state index in [9.17, 15) is 14.0 Å². The van der Waals surface area contributed by atoms with E-state index in [1.807, 2.05) is 4.90 Å². The second-order valence-electron chi connectivity index (χ2n) is 6.59. The van der Waals surface area contributed by atoms with Gasteiger partial charge in [0.15, 0.2) is 0 Å². The lowest BCUT2D eigenvalue weighted by molar-refractivity contribution is -0.121. The highest BCUT2D eigenvalue weighted by molar-refractivity contribution is 5.99. The largest absolute Gasteiger partial charge is 0.398 e. The van der Waals surface area contributed by atoms with Gasteiger partial charge in [-0.2, -0.15) is 0 Å². The van der Waals surface area contributed by atoms with E-state index >= 15 is 0 Å². The van der Waals surface area contributed by atoms with Gasteiger partial charge in [0.1, 0.15) is 5.82 Å². The third-order valence-corrected chi connectivity index (χ3v) is 4.81. The number of benzene rings is 2. The van der Waals surface area contributed by atoms with Crippen LogP contribution in [-0.4, -0.2) is 53.8 Å². The zero-order valence-corrected chi connectivity index (χ0v) is 17.6. The molecule has 0 radical (unpaired) electrons. The average molecular weight is 443 g/mol. The molecule has 1 heterocycles. The van der Waals surface area contributed by atoms with Gasteiger partial charge in [0.2, 0.25) is 5.91 Å². The first-order valence-electron chi connectivity index (χ1n) is 8.90. The van der Waals surface area contributed by atoms with Crippen molar-refractivity contribution in [3.8, 4) is 0 Å². The summed E-state index contributed by atoms with van der Waals surface area (Å²) in [6.45, 7) is 4.00. The van der Waals surface area contributed by atoms with Crippen molar-refractivity contribution in [3.63, 3.8) is 0 Å². The fourth-order valence-corrected chi connectivity index (χ4v) is 3.15. The van der Waals surface area contributed by atoms with Gasteiger partial charge in [0.25, 0.3) is 5.91 Å². The normalized spacial score (nSPS) is 14.9. The number of carbonyl (C=O) groups is 2. The van der Waals surface area contributed by atoms with E-state index in [2.05, 4.69) is 5.32 Å². The molecule has 0 spiro atoms. The molecule has 1 fully saturated rings. The van der Waals surface area contributed by atoms with Crippen molar-refractivity contribution < 1.29 is 14.0 Å². The molecular weight excluding hydrogens is 418 g/mol. The summed E-state index contributed by atoms with van der Waals surface area (Å²) in [7, 11) is 0. The van der Waals surface area contributed by atoms with Crippen LogP contribution in [0.3, 0.4) is 0 Å². The van der Waals surface area contributed by atoms with Crippen LogP contribution in [0.15, 0.2) is 48.5 Å². The maximum Gasteiger partial charge on any atom is 0.256 e. The SMILES string of the molecule is CC(C(=O)Nc1cccc(F)c1)N1CCN(C(=O)c2ccccc2N)CC1.Cl.Cl. The predicted molar refractivity (Wildman–Crippen MR) is 117 cm³/mol. The summed E-state index contributed by atoms with van der Waals surface area (Å²) < 4.78 is 13.3. The lowest BCUT2D eigenvalue weighted by atomic mass is 10.1. The number of halogens is 3. The van der Waals surface area contributed by atoms with Crippen LogP contribution in [0.5, 0.6) is 0 Å². The Balaban J connectivity index is 0.00000210. The van der Waals surface area contributed by atoms with Crippen molar-refractivity contribution >= 4 is 48.0 Å². The molecule has 2 aromatic carbocycles. The molecule has 1 unspecified atom stereocenters. The number of nitrogens with two attached hydrogens (primary N) is 1. The van der Waals surface area contributed by atoms with E-state index in [1.54, 1.807) is 48.2 Å². The van der Waals surface area contributed by atoms with Crippen molar-refractivity contribution in [1.29, 1.82) is 0 Å². The molecule has 2 amide bonds. The Morgan fingerprint density at radius 1 is 1.03 bits per heavy atom. The number of nitrogen functional groups attached to an aromatic ring is 1. The first kappa shape index (κ1) is 24.7. The first-order chi connectivity index (χ1) is 13.0. The second-order valence-corrected chi connectivity index (χ2v) is 6.59. The summed E-state index contributed by atoms with van der Waals surface area (Å²) in [5.74, 6) is -0.690. The average Bonchev–Trinajstić information content (AvgIpc) is 2.67. The highest BCUT2D eigenvalue weighted by atomic mass is 35.5. The number of piperazine rings is 1. The number of nitrogens with zero attached hydrogens (tertiary/aromatic N) is 2. The molecule has 158 valence electrons. The van der Waals surface area contributed by atoms with Gasteiger partial charge in [0.05, 0.1) is 11.6 Å². The summed E-state index contributed by atoms with van der Waals surface area (Å²) in [5.41, 5.74) is 7.29. The van der Waals surface area contributed by atoms with Crippen LogP contribution >= 0.6 is 24.8 Å². The standard InChI is InChI=1S/C20H23FN4O2.2ClH/c1-14(19(26)23-16-6-4-5-15(21)13-16)24-9-11-25(12-10-24)20(27)17-7-2-3-8-18(17)22;;/h2-8,13-14H,9-12,22H2,1H3,(H,23,26);2*1H. The summed E-state index contributed by atoms with van der Waals surface area (Å²) in [5, 5.41) is 2.73. The molecule has 3 N–H and O–H groups in total. The molecule has 6 nitrogen and oxygen atoms in total. The molecule has 1 saturated heterocycles. The minimum Gasteiger partial charge on any atom is -0.398 e. The van der Waals surface area contributed by atoms with Crippen molar-refractivity contribution in [2.45, 2.75) is 13.0 Å². The van der Waals surface area contributed by atoms with Gasteiger partial charge in [-0.05, 0) is 37.3 Å². The first-order valence-corrected chi connectivity index (χ1v) is 8.90. The molecule has 0 aromatic heterocycles. The number of carbonyl (C=O) groups excluding carboxylic acids is 2. The number of nitrogens with one attached hydrogen (secondary N) is 1. The molecule has 0 saturated carbocycles. The molecular formula is C20H25Cl2FN4O2. The Morgan fingerprint density at radius 2 is 1.69 bits per heavy atom. The fraction of sp³-hybridized carbons (Fsp3) is 0.300. The molecule has 1 aliphatic rings. The van der Waals surface area contributed by atoms with Crippen LogP contribution in [-0.2, 0) is 4.79 Å². The van der Waals surface area contributed by atoms with E-state index in [4.69, 9.17) is 5.73 Å². The minimum atomic E-state index is -0.396. The van der Waals surface area contributed by atoms with E-state index in [0.717, 1.165) is 0 Å². The predicted octanol–water partition coefficient (Wildman–Crippen LogP) is 3.04. The Morgan fingerprint density at radius 3 is 2.31 bits per heavy atom. The quantitative estimate of drug-likeness (QED) is 0.713. The molecule has 9 heteroatoms. The summed E-state index contributed by atoms with van der Waals surface area (Å²) >= 11 is 0. The van der Waals surface area contributed by atoms with Crippen molar-refractivity contribution in [3.05, 3.63) is 59.9 Å². The van der Waals surface area contributed by atoms with Gasteiger partial charge < -0.3 is 16.0 Å². The van der Waals surface area contributed by atoms with Crippen LogP contribution < -0.4 is 11.1 Å². The molecule has 1 aliphatic heterocycles. The van der Waals surface area contributed by atoms with E-state index in [1.165, 1.54) is 12.1 Å². The maximum absolute atomic E-state index is 13.3. The topological polar surface area (TPSA) is 78.7 Å². The lowest BCUT2D eigenvalue weighted by Crippen LogP contribution is -2.54. The van der Waals surface area contributed by atoms with E-state index in [0.29, 0.717) is 43.1 Å². The van der Waals surface area contributed by atoms with Crippen LogP contribution in [0.1, 0.15) is 17.3 Å². The van der Waals surface area contributed by atoms with Gasteiger partial charge in [-0.15, -0.1) is 24.8 Å². The van der Waals surface area contributed by atoms with Gasteiger partial charge in [-0.25, -0.2) is 4.39 Å². The number of amides is 2. The highest BCUT2D eigenvalue weighted by Crippen LogP contribution is 2.17. The van der Waals surface area contributed by atoms with Crippen LogP contribution in [0.4, 0.5) is 15.8 Å². The zero-order valence-electron chi connectivity index (χ0n) is 16.0. The van der Waals surface area contributed by atoms with Gasteiger partial charge in [-0.3, -0.25) is 14.5 Å². The summed E-state index contributed by atoms with van der Waals surface area (Å²) in [4.78, 5) is 28.8. The third kappa shape index (κ3) is 6.06. The maximum atomic E-state index is 13.3. The highest BCUT2D eigenvalue weighted by Gasteiger charge is 2.28. The van der Waals surface area contributed by atoms with Crippen LogP contribution in [0, 0.1) is 5.82 Å². The molecule has 0 aliphatic carbocycles. The van der Waals surface area contributed by atoms with Crippen LogP contribution in [0.2, 0.25) is 0 Å². The van der Waals surface area contributed by atoms with Crippen molar-refractivity contribution in [2.24, 2.45) is 0 Å². The smallest absolute Gasteiger partial charge is 0.256 e. The fourth-order valence-electron chi connectivity index (χ4n) is 3.15. The molecule has 2 aromatic rings. The number of anilines is 2. The van der Waals surface area contributed by atoms with Gasteiger partial charge in [0, 0.05) is 37.6 Å². The zero-order chi connectivity index (χ0) is 19.4. The van der Waals surface area contributed by atoms with E-state index < -0.39 is 5.82 Å². The summed E-state index contributed by atoms with van der Waals surface area (Å²) in [6.07, 6.45) is 0. The number of rotatable bonds is 4. The molecule has 1 atom stereocenters. The minimum absolute atomic E-state index is 0. The molecule has 29 heavy (non-hydrogen) atoms. The number of hydrogen-bond donors (Lipinski definition) is 2. The van der Waals surface area contributed by atoms with Gasteiger partial charge in [-0.1, -0.05) is 18.2 Å². The van der Waals surface area contributed by atoms with Gasteiger partial charge >= 0.3 is 0 Å². The van der Waals surface area contributed by atoms with Crippen LogP contribution in [0.25, 0.3) is 0 Å². The molecule has 0 bridgehead atoms. The lowest BCUT2D eigenvalue weighted by Gasteiger charge is -2.37. The Labute approximate surface area is 182 Å². The third-order valence-electron chi connectivity index (χ3n) is 4.81. The Kier molecular flexibility index (Phi) is 9.36. The number of para-hydroxylation sites is 1. The monoisotopic (exact) mass is 442 g/mol. The van der Waals surface area contributed by atoms with Crippen molar-refractivity contribution in [2.75, 3.05) is 37.2 Å². The Hall–Kier alpha value is -2.35. The molecule has 3 rings (SSSR count). The second kappa shape index (κ2) is 11.0. The van der Waals surface area contributed by atoms with Crippen molar-refractivity contribution in [1.82, 2.24) is 9.80 Å². The Bertz CT molecular complexity index is 845.